The molecule has 0 saturated heterocycles. The smallest absolute Gasteiger partial charge is 0.203 e. The first-order valence-electron chi connectivity index (χ1n) is 7.79. The molecule has 1 aromatic rings. The number of hydrogen-bond donors (Lipinski definition) is 1. The van der Waals surface area contributed by atoms with E-state index in [1.165, 1.54) is 25.7 Å². The summed E-state index contributed by atoms with van der Waals surface area (Å²) in [6.07, 6.45) is 5.54. The first kappa shape index (κ1) is 14.5. The number of rotatable bonds is 8. The van der Waals surface area contributed by atoms with E-state index < -0.39 is 0 Å². The Labute approximate surface area is 126 Å². The molecule has 0 aromatic heterocycles. The van der Waals surface area contributed by atoms with Crippen molar-refractivity contribution in [2.45, 2.75) is 38.3 Å². The van der Waals surface area contributed by atoms with Crippen molar-refractivity contribution in [1.82, 2.24) is 5.32 Å². The molecule has 2 aliphatic carbocycles. The summed E-state index contributed by atoms with van der Waals surface area (Å²) < 4.78 is 16.3. The zero-order valence-electron chi connectivity index (χ0n) is 13.1. The summed E-state index contributed by atoms with van der Waals surface area (Å²) in [4.78, 5) is 0. The SMILES string of the molecule is COc1ccc(CNC(C2CC2)C2CC2)c(OC)c1OC. The first-order valence-corrected chi connectivity index (χ1v) is 7.79. The maximum atomic E-state index is 5.55. The van der Waals surface area contributed by atoms with Gasteiger partial charge in [-0.05, 0) is 43.6 Å². The van der Waals surface area contributed by atoms with E-state index in [9.17, 15) is 0 Å². The molecule has 1 aromatic carbocycles. The summed E-state index contributed by atoms with van der Waals surface area (Å²) in [5.74, 6) is 3.94. The fraction of sp³-hybridized carbons (Fsp3) is 0.647. The number of ether oxygens (including phenoxy) is 3. The fourth-order valence-electron chi connectivity index (χ4n) is 3.16. The van der Waals surface area contributed by atoms with Crippen LogP contribution >= 0.6 is 0 Å². The zero-order valence-corrected chi connectivity index (χ0v) is 13.1. The van der Waals surface area contributed by atoms with E-state index in [1.54, 1.807) is 21.3 Å². The van der Waals surface area contributed by atoms with Gasteiger partial charge in [0.25, 0.3) is 0 Å². The van der Waals surface area contributed by atoms with Crippen LogP contribution in [0.2, 0.25) is 0 Å². The molecule has 3 rings (SSSR count). The van der Waals surface area contributed by atoms with E-state index in [2.05, 4.69) is 11.4 Å². The Balaban J connectivity index is 1.74. The van der Waals surface area contributed by atoms with Crippen LogP contribution in [0.5, 0.6) is 17.2 Å². The van der Waals surface area contributed by atoms with Gasteiger partial charge in [-0.2, -0.15) is 0 Å². The van der Waals surface area contributed by atoms with Gasteiger partial charge in [0.05, 0.1) is 21.3 Å². The van der Waals surface area contributed by atoms with Gasteiger partial charge in [-0.3, -0.25) is 0 Å². The highest BCUT2D eigenvalue weighted by Crippen LogP contribution is 2.45. The van der Waals surface area contributed by atoms with Gasteiger partial charge >= 0.3 is 0 Å². The molecule has 2 fully saturated rings. The quantitative estimate of drug-likeness (QED) is 0.799. The molecule has 0 amide bonds. The molecule has 0 atom stereocenters. The van der Waals surface area contributed by atoms with Crippen molar-refractivity contribution in [3.63, 3.8) is 0 Å². The minimum atomic E-state index is 0.675. The maximum Gasteiger partial charge on any atom is 0.203 e. The van der Waals surface area contributed by atoms with Crippen LogP contribution in [0.25, 0.3) is 0 Å². The molecule has 0 spiro atoms. The molecular formula is C17H25NO3. The fourth-order valence-corrected chi connectivity index (χ4v) is 3.16. The van der Waals surface area contributed by atoms with Crippen LogP contribution in [0.15, 0.2) is 12.1 Å². The largest absolute Gasteiger partial charge is 0.493 e. The molecule has 2 saturated carbocycles. The summed E-state index contributed by atoms with van der Waals surface area (Å²) in [5.41, 5.74) is 1.13. The molecular weight excluding hydrogens is 266 g/mol. The van der Waals surface area contributed by atoms with Crippen molar-refractivity contribution in [1.29, 1.82) is 0 Å². The molecule has 1 N–H and O–H groups in total. The van der Waals surface area contributed by atoms with E-state index in [1.807, 2.05) is 6.07 Å². The number of methoxy groups -OCH3 is 3. The maximum absolute atomic E-state index is 5.55. The van der Waals surface area contributed by atoms with Gasteiger partial charge in [-0.25, -0.2) is 0 Å². The average Bonchev–Trinajstić information content (AvgIpc) is 3.38. The highest BCUT2D eigenvalue weighted by Gasteiger charge is 2.41. The second-order valence-electron chi connectivity index (χ2n) is 6.07. The highest BCUT2D eigenvalue weighted by molar-refractivity contribution is 5.55. The number of nitrogens with one attached hydrogen (secondary N) is 1. The summed E-state index contributed by atoms with van der Waals surface area (Å²) in [6, 6.07) is 4.69. The summed E-state index contributed by atoms with van der Waals surface area (Å²) in [5, 5.41) is 3.75. The van der Waals surface area contributed by atoms with E-state index >= 15 is 0 Å². The first-order chi connectivity index (χ1) is 10.3. The predicted octanol–water partition coefficient (Wildman–Crippen LogP) is 2.99. The lowest BCUT2D eigenvalue weighted by Crippen LogP contribution is -2.32. The van der Waals surface area contributed by atoms with Gasteiger partial charge in [0, 0.05) is 18.2 Å². The Kier molecular flexibility index (Phi) is 4.24. The molecule has 0 bridgehead atoms. The zero-order chi connectivity index (χ0) is 14.8. The molecule has 4 nitrogen and oxygen atoms in total. The summed E-state index contributed by atoms with van der Waals surface area (Å²) in [7, 11) is 4.97. The Bertz CT molecular complexity index is 483. The summed E-state index contributed by atoms with van der Waals surface area (Å²) >= 11 is 0. The van der Waals surface area contributed by atoms with Gasteiger partial charge in [-0.1, -0.05) is 6.07 Å². The highest BCUT2D eigenvalue weighted by atomic mass is 16.5. The van der Waals surface area contributed by atoms with Gasteiger partial charge in [0.1, 0.15) is 0 Å². The molecule has 4 heteroatoms. The Morgan fingerprint density at radius 2 is 1.57 bits per heavy atom. The molecule has 0 heterocycles. The van der Waals surface area contributed by atoms with Crippen LogP contribution in [0.1, 0.15) is 31.2 Å². The Hall–Kier alpha value is -1.42. The van der Waals surface area contributed by atoms with Crippen LogP contribution in [-0.2, 0) is 6.54 Å². The van der Waals surface area contributed by atoms with Gasteiger partial charge in [0.2, 0.25) is 5.75 Å². The topological polar surface area (TPSA) is 39.7 Å². The van der Waals surface area contributed by atoms with Gasteiger partial charge < -0.3 is 19.5 Å². The van der Waals surface area contributed by atoms with Crippen molar-refractivity contribution >= 4 is 0 Å². The minimum Gasteiger partial charge on any atom is -0.493 e. The molecule has 0 aliphatic heterocycles. The van der Waals surface area contributed by atoms with E-state index in [4.69, 9.17) is 14.2 Å². The second-order valence-corrected chi connectivity index (χ2v) is 6.07. The number of benzene rings is 1. The van der Waals surface area contributed by atoms with Crippen LogP contribution in [0.4, 0.5) is 0 Å². The molecule has 0 radical (unpaired) electrons. The molecule has 116 valence electrons. The Morgan fingerprint density at radius 3 is 2.05 bits per heavy atom. The van der Waals surface area contributed by atoms with Crippen molar-refractivity contribution in [2.75, 3.05) is 21.3 Å². The molecule has 21 heavy (non-hydrogen) atoms. The van der Waals surface area contributed by atoms with Crippen molar-refractivity contribution < 1.29 is 14.2 Å². The van der Waals surface area contributed by atoms with Crippen LogP contribution in [0.3, 0.4) is 0 Å². The van der Waals surface area contributed by atoms with E-state index in [0.717, 1.165) is 29.7 Å². The van der Waals surface area contributed by atoms with E-state index in [-0.39, 0.29) is 0 Å². The lowest BCUT2D eigenvalue weighted by atomic mass is 10.1. The average molecular weight is 291 g/mol. The number of hydrogen-bond acceptors (Lipinski definition) is 4. The van der Waals surface area contributed by atoms with Crippen LogP contribution in [0, 0.1) is 11.8 Å². The van der Waals surface area contributed by atoms with Crippen molar-refractivity contribution in [2.24, 2.45) is 11.8 Å². The lowest BCUT2D eigenvalue weighted by molar-refractivity contribution is 0.320. The minimum absolute atomic E-state index is 0.675. The third-order valence-corrected chi connectivity index (χ3v) is 4.57. The Morgan fingerprint density at radius 1 is 0.952 bits per heavy atom. The summed E-state index contributed by atoms with van der Waals surface area (Å²) in [6.45, 7) is 0.821. The van der Waals surface area contributed by atoms with Gasteiger partial charge in [0.15, 0.2) is 11.5 Å². The van der Waals surface area contributed by atoms with Gasteiger partial charge in [-0.15, -0.1) is 0 Å². The predicted molar refractivity (Wildman–Crippen MR) is 82.2 cm³/mol. The van der Waals surface area contributed by atoms with Crippen LogP contribution in [-0.4, -0.2) is 27.4 Å². The standard InChI is InChI=1S/C17H25NO3/c1-19-14-9-8-13(16(20-2)17(14)21-3)10-18-15(11-4-5-11)12-6-7-12/h8-9,11-12,15,18H,4-7,10H2,1-3H3. The monoisotopic (exact) mass is 291 g/mol. The van der Waals surface area contributed by atoms with Crippen molar-refractivity contribution in [3.05, 3.63) is 17.7 Å². The van der Waals surface area contributed by atoms with Crippen LogP contribution < -0.4 is 19.5 Å². The third kappa shape index (κ3) is 3.10. The normalized spacial score (nSPS) is 17.9. The molecule has 0 unspecified atom stereocenters. The van der Waals surface area contributed by atoms with E-state index in [0.29, 0.717) is 17.5 Å². The van der Waals surface area contributed by atoms with Crippen molar-refractivity contribution in [3.8, 4) is 17.2 Å². The lowest BCUT2D eigenvalue weighted by Gasteiger charge is -2.20. The molecule has 2 aliphatic rings. The third-order valence-electron chi connectivity index (χ3n) is 4.57. The second kappa shape index (κ2) is 6.14.